The third-order valence-electron chi connectivity index (χ3n) is 14.5. The van der Waals surface area contributed by atoms with E-state index < -0.39 is 5.41 Å². The predicted octanol–water partition coefficient (Wildman–Crippen LogP) is 17.6. The van der Waals surface area contributed by atoms with Crippen molar-refractivity contribution in [1.29, 1.82) is 0 Å². The second-order valence-electron chi connectivity index (χ2n) is 17.9. The van der Waals surface area contributed by atoms with Crippen LogP contribution in [0.5, 0.6) is 0 Å². The summed E-state index contributed by atoms with van der Waals surface area (Å²) in [5.74, 6) is 0. The smallest absolute Gasteiger partial charge is 0.143 e. The SMILES string of the molecule is c1ccc(C2(c3ccc(-c4cc(-c5cc6ccccc6c6ccccc56)cc5c4oc4ccc(-c6cc7ccccc7c7ccccc67)cc45)cc3)c3ccccc3-c3ccccc32)cc1. The normalized spacial score (nSPS) is 13.0. The van der Waals surface area contributed by atoms with E-state index in [1.807, 2.05) is 0 Å². The topological polar surface area (TPSA) is 13.1 Å². The van der Waals surface area contributed by atoms with E-state index in [0.717, 1.165) is 38.6 Å². The highest BCUT2D eigenvalue weighted by molar-refractivity contribution is 6.18. The standard InChI is InChI=1S/C65H40O/c1-2-18-46(19-3-1)65(61-28-14-12-26-54(61)55-27-13-15-29-62(55)65)47-33-30-41(31-34-47)58-39-45(57-37-43-17-5-7-21-49(43)51-23-9-11-25-53(51)57)40-60-59-38-44(32-35-63(59)66-64(58)60)56-36-42-16-4-6-20-48(42)50-22-8-10-24-52(50)56/h1-40H. The molecule has 14 rings (SSSR count). The molecule has 306 valence electrons. The highest BCUT2D eigenvalue weighted by Crippen LogP contribution is 2.56. The molecular formula is C65H40O. The van der Waals surface area contributed by atoms with Gasteiger partial charge in [-0.25, -0.2) is 0 Å². The molecule has 0 N–H and O–H groups in total. The van der Waals surface area contributed by atoms with Crippen LogP contribution < -0.4 is 0 Å². The Morgan fingerprint density at radius 2 is 0.727 bits per heavy atom. The summed E-state index contributed by atoms with van der Waals surface area (Å²) in [5.41, 5.74) is 15.9. The van der Waals surface area contributed by atoms with Crippen molar-refractivity contribution in [2.45, 2.75) is 5.41 Å². The predicted molar refractivity (Wildman–Crippen MR) is 277 cm³/mol. The van der Waals surface area contributed by atoms with E-state index in [9.17, 15) is 0 Å². The van der Waals surface area contributed by atoms with Gasteiger partial charge in [-0.2, -0.15) is 0 Å². The molecule has 66 heavy (non-hydrogen) atoms. The minimum Gasteiger partial charge on any atom is -0.455 e. The lowest BCUT2D eigenvalue weighted by Gasteiger charge is -2.34. The van der Waals surface area contributed by atoms with Gasteiger partial charge < -0.3 is 4.42 Å². The number of hydrogen-bond donors (Lipinski definition) is 0. The highest BCUT2D eigenvalue weighted by Gasteiger charge is 2.45. The van der Waals surface area contributed by atoms with Gasteiger partial charge in [-0.3, -0.25) is 0 Å². The largest absolute Gasteiger partial charge is 0.455 e. The maximum atomic E-state index is 7.05. The first-order valence-electron chi connectivity index (χ1n) is 22.9. The summed E-state index contributed by atoms with van der Waals surface area (Å²) in [5, 5.41) is 12.2. The Bertz CT molecular complexity index is 4050. The van der Waals surface area contributed by atoms with Gasteiger partial charge in [-0.15, -0.1) is 0 Å². The van der Waals surface area contributed by atoms with Crippen molar-refractivity contribution in [1.82, 2.24) is 0 Å². The van der Waals surface area contributed by atoms with Gasteiger partial charge in [0.2, 0.25) is 0 Å². The molecule has 0 saturated heterocycles. The van der Waals surface area contributed by atoms with Crippen molar-refractivity contribution in [3.05, 3.63) is 265 Å². The minimum absolute atomic E-state index is 0.475. The Morgan fingerprint density at radius 1 is 0.258 bits per heavy atom. The summed E-state index contributed by atoms with van der Waals surface area (Å²) in [6, 6.07) is 89.6. The fourth-order valence-corrected chi connectivity index (χ4v) is 11.6. The van der Waals surface area contributed by atoms with Crippen LogP contribution in [0.25, 0.3) is 110 Å². The van der Waals surface area contributed by atoms with Crippen molar-refractivity contribution in [3.63, 3.8) is 0 Å². The van der Waals surface area contributed by atoms with E-state index in [0.29, 0.717) is 0 Å². The first kappa shape index (κ1) is 36.9. The number of rotatable bonds is 5. The van der Waals surface area contributed by atoms with Gasteiger partial charge >= 0.3 is 0 Å². The van der Waals surface area contributed by atoms with Crippen LogP contribution in [0.3, 0.4) is 0 Å². The second-order valence-corrected chi connectivity index (χ2v) is 17.9. The van der Waals surface area contributed by atoms with Gasteiger partial charge in [0.05, 0.1) is 5.41 Å². The zero-order valence-electron chi connectivity index (χ0n) is 36.0. The van der Waals surface area contributed by atoms with E-state index in [1.54, 1.807) is 0 Å². The molecule has 1 aromatic heterocycles. The molecule has 1 aliphatic rings. The fourth-order valence-electron chi connectivity index (χ4n) is 11.6. The van der Waals surface area contributed by atoms with Gasteiger partial charge in [-0.05, 0) is 141 Å². The van der Waals surface area contributed by atoms with Crippen molar-refractivity contribution >= 4 is 65.0 Å². The van der Waals surface area contributed by atoms with Crippen LogP contribution in [0.2, 0.25) is 0 Å². The van der Waals surface area contributed by atoms with E-state index in [2.05, 4.69) is 243 Å². The summed E-state index contributed by atoms with van der Waals surface area (Å²) in [4.78, 5) is 0. The second kappa shape index (κ2) is 14.2. The number of hydrogen-bond acceptors (Lipinski definition) is 1. The van der Waals surface area contributed by atoms with E-state index in [1.165, 1.54) is 93.2 Å². The zero-order valence-corrected chi connectivity index (χ0v) is 36.0. The first-order chi connectivity index (χ1) is 32.7. The third-order valence-corrected chi connectivity index (χ3v) is 14.5. The molecular weight excluding hydrogens is 797 g/mol. The number of fused-ring (bicyclic) bond motifs is 12. The molecule has 1 heterocycles. The van der Waals surface area contributed by atoms with Crippen molar-refractivity contribution in [3.8, 4) is 44.5 Å². The lowest BCUT2D eigenvalue weighted by atomic mass is 9.67. The monoisotopic (exact) mass is 836 g/mol. The summed E-state index contributed by atoms with van der Waals surface area (Å²) < 4.78 is 7.05. The fraction of sp³-hybridized carbons (Fsp3) is 0.0154. The maximum absolute atomic E-state index is 7.05. The molecule has 1 aliphatic carbocycles. The Kier molecular flexibility index (Phi) is 7.97. The van der Waals surface area contributed by atoms with Crippen molar-refractivity contribution in [2.75, 3.05) is 0 Å². The van der Waals surface area contributed by atoms with Crippen LogP contribution in [0, 0.1) is 0 Å². The highest BCUT2D eigenvalue weighted by atomic mass is 16.3. The lowest BCUT2D eigenvalue weighted by Crippen LogP contribution is -2.28. The van der Waals surface area contributed by atoms with Crippen LogP contribution in [0.4, 0.5) is 0 Å². The van der Waals surface area contributed by atoms with E-state index in [4.69, 9.17) is 4.42 Å². The molecule has 0 amide bonds. The van der Waals surface area contributed by atoms with Crippen LogP contribution >= 0.6 is 0 Å². The molecule has 0 aliphatic heterocycles. The van der Waals surface area contributed by atoms with Crippen molar-refractivity contribution in [2.24, 2.45) is 0 Å². The molecule has 1 nitrogen and oxygen atoms in total. The number of benzene rings is 12. The summed E-state index contributed by atoms with van der Waals surface area (Å²) in [7, 11) is 0. The van der Waals surface area contributed by atoms with Crippen LogP contribution in [0.1, 0.15) is 22.3 Å². The maximum Gasteiger partial charge on any atom is 0.143 e. The summed E-state index contributed by atoms with van der Waals surface area (Å²) in [6.45, 7) is 0. The Hall–Kier alpha value is -8.52. The van der Waals surface area contributed by atoms with Gasteiger partial charge in [-0.1, -0.05) is 206 Å². The average molecular weight is 837 g/mol. The van der Waals surface area contributed by atoms with Crippen LogP contribution in [0.15, 0.2) is 247 Å². The summed E-state index contributed by atoms with van der Waals surface area (Å²) >= 11 is 0. The third kappa shape index (κ3) is 5.29. The molecule has 12 aromatic carbocycles. The van der Waals surface area contributed by atoms with Crippen molar-refractivity contribution < 1.29 is 4.42 Å². The Labute approximate surface area is 382 Å². The van der Waals surface area contributed by atoms with E-state index in [-0.39, 0.29) is 0 Å². The molecule has 0 bridgehead atoms. The summed E-state index contributed by atoms with van der Waals surface area (Å²) in [6.07, 6.45) is 0. The molecule has 0 unspecified atom stereocenters. The zero-order chi connectivity index (χ0) is 43.3. The average Bonchev–Trinajstić information content (AvgIpc) is 3.92. The molecule has 1 heteroatoms. The molecule has 0 saturated carbocycles. The molecule has 0 spiro atoms. The van der Waals surface area contributed by atoms with Crippen LogP contribution in [-0.4, -0.2) is 0 Å². The van der Waals surface area contributed by atoms with Gasteiger partial charge in [0.15, 0.2) is 0 Å². The number of furan rings is 1. The first-order valence-corrected chi connectivity index (χ1v) is 22.9. The van der Waals surface area contributed by atoms with Gasteiger partial charge in [0.25, 0.3) is 0 Å². The Morgan fingerprint density at radius 3 is 1.35 bits per heavy atom. The molecule has 0 atom stereocenters. The quantitative estimate of drug-likeness (QED) is 0.157. The molecule has 13 aromatic rings. The molecule has 0 radical (unpaired) electrons. The minimum atomic E-state index is -0.475. The van der Waals surface area contributed by atoms with Gasteiger partial charge in [0, 0.05) is 16.3 Å². The molecule has 0 fully saturated rings. The van der Waals surface area contributed by atoms with Crippen LogP contribution in [-0.2, 0) is 5.41 Å². The van der Waals surface area contributed by atoms with E-state index >= 15 is 0 Å². The Balaban J connectivity index is 1.02. The lowest BCUT2D eigenvalue weighted by molar-refractivity contribution is 0.670. The van der Waals surface area contributed by atoms with Gasteiger partial charge in [0.1, 0.15) is 11.2 Å².